The van der Waals surface area contributed by atoms with E-state index in [1.807, 2.05) is 12.1 Å². The summed E-state index contributed by atoms with van der Waals surface area (Å²) in [6, 6.07) is 3.81. The molecule has 0 atom stereocenters. The lowest BCUT2D eigenvalue weighted by molar-refractivity contribution is 0.530. The third-order valence-electron chi connectivity index (χ3n) is 3.18. The monoisotopic (exact) mass is 291 g/mol. The molecule has 2 aromatic rings. The van der Waals surface area contributed by atoms with Crippen LogP contribution in [0.5, 0.6) is 0 Å². The van der Waals surface area contributed by atoms with Gasteiger partial charge in [0.25, 0.3) is 0 Å². The molecule has 1 aliphatic heterocycles. The summed E-state index contributed by atoms with van der Waals surface area (Å²) in [7, 11) is 0. The van der Waals surface area contributed by atoms with Crippen LogP contribution in [-0.4, -0.2) is 28.0 Å². The standard InChI is InChI=1S/C13H17N5OS/c14-11-15-12(18-6-2-1-3-7-18)17-13(16-11)20-9-10-5-4-8-19-10/h4-5,8H,1-3,6-7,9H2,(H2,14,15,16,17). The predicted octanol–water partition coefficient (Wildman–Crippen LogP) is 2.33. The Hall–Kier alpha value is -1.76. The molecule has 2 N–H and O–H groups in total. The second-order valence-electron chi connectivity index (χ2n) is 4.69. The van der Waals surface area contributed by atoms with E-state index in [1.54, 1.807) is 6.26 Å². The normalized spacial score (nSPS) is 15.5. The third-order valence-corrected chi connectivity index (χ3v) is 4.05. The van der Waals surface area contributed by atoms with E-state index in [9.17, 15) is 0 Å². The van der Waals surface area contributed by atoms with Crippen LogP contribution in [0, 0.1) is 0 Å². The Morgan fingerprint density at radius 1 is 1.20 bits per heavy atom. The average Bonchev–Trinajstić information content (AvgIpc) is 2.99. The van der Waals surface area contributed by atoms with Gasteiger partial charge < -0.3 is 15.1 Å². The maximum absolute atomic E-state index is 5.79. The van der Waals surface area contributed by atoms with Gasteiger partial charge in [-0.25, -0.2) is 0 Å². The van der Waals surface area contributed by atoms with Crippen molar-refractivity contribution in [3.05, 3.63) is 24.2 Å². The minimum absolute atomic E-state index is 0.280. The van der Waals surface area contributed by atoms with Gasteiger partial charge in [0.2, 0.25) is 11.9 Å². The summed E-state index contributed by atoms with van der Waals surface area (Å²) in [6.07, 6.45) is 5.30. The van der Waals surface area contributed by atoms with E-state index in [0.717, 1.165) is 18.8 Å². The highest BCUT2D eigenvalue weighted by Gasteiger charge is 2.15. The molecular formula is C13H17N5OS. The molecule has 3 heterocycles. The molecule has 0 spiro atoms. The Bertz CT molecular complexity index is 554. The first-order chi connectivity index (χ1) is 9.81. The second-order valence-corrected chi connectivity index (χ2v) is 5.63. The molecular weight excluding hydrogens is 274 g/mol. The van der Waals surface area contributed by atoms with Gasteiger partial charge in [-0.15, -0.1) is 0 Å². The molecule has 0 aliphatic carbocycles. The Morgan fingerprint density at radius 2 is 2.05 bits per heavy atom. The van der Waals surface area contributed by atoms with Crippen LogP contribution in [0.2, 0.25) is 0 Å². The number of aromatic nitrogens is 3. The number of nitrogens with zero attached hydrogens (tertiary/aromatic N) is 4. The summed E-state index contributed by atoms with van der Waals surface area (Å²) >= 11 is 1.51. The van der Waals surface area contributed by atoms with E-state index in [1.165, 1.54) is 31.0 Å². The molecule has 0 bridgehead atoms. The van der Waals surface area contributed by atoms with Gasteiger partial charge in [-0.1, -0.05) is 11.8 Å². The molecule has 0 amide bonds. The zero-order valence-corrected chi connectivity index (χ0v) is 12.0. The molecule has 1 saturated heterocycles. The molecule has 0 saturated carbocycles. The summed E-state index contributed by atoms with van der Waals surface area (Å²) in [5, 5.41) is 0.648. The smallest absolute Gasteiger partial charge is 0.231 e. The molecule has 0 aromatic carbocycles. The number of rotatable bonds is 4. The van der Waals surface area contributed by atoms with Gasteiger partial charge in [-0.3, -0.25) is 0 Å². The van der Waals surface area contributed by atoms with Gasteiger partial charge in [0.15, 0.2) is 5.16 Å². The summed E-state index contributed by atoms with van der Waals surface area (Å²) in [4.78, 5) is 15.1. The van der Waals surface area contributed by atoms with Crippen molar-refractivity contribution in [2.75, 3.05) is 23.7 Å². The van der Waals surface area contributed by atoms with E-state index < -0.39 is 0 Å². The molecule has 1 aliphatic rings. The number of nitrogen functional groups attached to an aromatic ring is 1. The van der Waals surface area contributed by atoms with Crippen LogP contribution in [0.4, 0.5) is 11.9 Å². The average molecular weight is 291 g/mol. The van der Waals surface area contributed by atoms with Crippen molar-refractivity contribution in [2.45, 2.75) is 30.2 Å². The SMILES string of the molecule is Nc1nc(SCc2ccco2)nc(N2CCCCC2)n1. The van der Waals surface area contributed by atoms with Gasteiger partial charge in [-0.05, 0) is 31.4 Å². The van der Waals surface area contributed by atoms with Crippen molar-refractivity contribution in [1.29, 1.82) is 0 Å². The maximum atomic E-state index is 5.79. The maximum Gasteiger partial charge on any atom is 0.231 e. The first kappa shape index (κ1) is 13.2. The second kappa shape index (κ2) is 6.13. The van der Waals surface area contributed by atoms with Crippen LogP contribution in [-0.2, 0) is 5.75 Å². The molecule has 7 heteroatoms. The number of nitrogens with two attached hydrogens (primary N) is 1. The van der Waals surface area contributed by atoms with Crippen LogP contribution in [0.1, 0.15) is 25.0 Å². The zero-order chi connectivity index (χ0) is 13.8. The van der Waals surface area contributed by atoms with Gasteiger partial charge in [0, 0.05) is 13.1 Å². The van der Waals surface area contributed by atoms with E-state index in [-0.39, 0.29) is 5.95 Å². The number of hydrogen-bond acceptors (Lipinski definition) is 7. The van der Waals surface area contributed by atoms with Crippen LogP contribution < -0.4 is 10.6 Å². The zero-order valence-electron chi connectivity index (χ0n) is 11.2. The molecule has 0 unspecified atom stereocenters. The van der Waals surface area contributed by atoms with E-state index in [4.69, 9.17) is 10.2 Å². The van der Waals surface area contributed by atoms with Crippen LogP contribution in [0.15, 0.2) is 28.0 Å². The first-order valence-electron chi connectivity index (χ1n) is 6.73. The van der Waals surface area contributed by atoms with Gasteiger partial charge in [0.1, 0.15) is 5.76 Å². The molecule has 6 nitrogen and oxygen atoms in total. The van der Waals surface area contributed by atoms with E-state index >= 15 is 0 Å². The highest BCUT2D eigenvalue weighted by molar-refractivity contribution is 7.98. The number of piperidine rings is 1. The van der Waals surface area contributed by atoms with Crippen molar-refractivity contribution in [3.8, 4) is 0 Å². The molecule has 2 aromatic heterocycles. The Morgan fingerprint density at radius 3 is 2.80 bits per heavy atom. The highest BCUT2D eigenvalue weighted by Crippen LogP contribution is 2.23. The molecule has 0 radical (unpaired) electrons. The Balaban J connectivity index is 1.72. The van der Waals surface area contributed by atoms with Crippen molar-refractivity contribution in [3.63, 3.8) is 0 Å². The largest absolute Gasteiger partial charge is 0.468 e. The number of thioether (sulfide) groups is 1. The van der Waals surface area contributed by atoms with Crippen LogP contribution in [0.25, 0.3) is 0 Å². The molecule has 3 rings (SSSR count). The summed E-state index contributed by atoms with van der Waals surface area (Å²) in [5.74, 6) is 2.56. The molecule has 20 heavy (non-hydrogen) atoms. The summed E-state index contributed by atoms with van der Waals surface area (Å²) in [6.45, 7) is 1.98. The third kappa shape index (κ3) is 3.22. The number of hydrogen-bond donors (Lipinski definition) is 1. The lowest BCUT2D eigenvalue weighted by atomic mass is 10.1. The molecule has 1 fully saturated rings. The highest BCUT2D eigenvalue weighted by atomic mass is 32.2. The fraction of sp³-hybridized carbons (Fsp3) is 0.462. The lowest BCUT2D eigenvalue weighted by Gasteiger charge is -2.26. The van der Waals surface area contributed by atoms with Crippen LogP contribution in [0.3, 0.4) is 0 Å². The minimum Gasteiger partial charge on any atom is -0.468 e. The van der Waals surface area contributed by atoms with Crippen molar-refractivity contribution in [2.24, 2.45) is 0 Å². The fourth-order valence-electron chi connectivity index (χ4n) is 2.19. The Kier molecular flexibility index (Phi) is 4.05. The van der Waals surface area contributed by atoms with Crippen molar-refractivity contribution >= 4 is 23.7 Å². The number of anilines is 2. The quantitative estimate of drug-likeness (QED) is 0.866. The lowest BCUT2D eigenvalue weighted by Crippen LogP contribution is -2.31. The van der Waals surface area contributed by atoms with E-state index in [2.05, 4.69) is 19.9 Å². The topological polar surface area (TPSA) is 81.1 Å². The first-order valence-corrected chi connectivity index (χ1v) is 7.71. The Labute approximate surface area is 121 Å². The predicted molar refractivity (Wildman–Crippen MR) is 78.6 cm³/mol. The van der Waals surface area contributed by atoms with E-state index in [0.29, 0.717) is 16.9 Å². The summed E-state index contributed by atoms with van der Waals surface area (Å²) < 4.78 is 5.30. The van der Waals surface area contributed by atoms with Gasteiger partial charge >= 0.3 is 0 Å². The minimum atomic E-state index is 0.280. The number of furan rings is 1. The van der Waals surface area contributed by atoms with Crippen LogP contribution >= 0.6 is 11.8 Å². The summed E-state index contributed by atoms with van der Waals surface area (Å²) in [5.41, 5.74) is 5.79. The fourth-order valence-corrected chi connectivity index (χ4v) is 2.93. The van der Waals surface area contributed by atoms with Crippen molar-refractivity contribution < 1.29 is 4.42 Å². The van der Waals surface area contributed by atoms with Crippen molar-refractivity contribution in [1.82, 2.24) is 15.0 Å². The van der Waals surface area contributed by atoms with Gasteiger partial charge in [0.05, 0.1) is 12.0 Å². The molecule has 106 valence electrons. The van der Waals surface area contributed by atoms with Gasteiger partial charge in [-0.2, -0.15) is 15.0 Å².